The summed E-state index contributed by atoms with van der Waals surface area (Å²) in [5, 5.41) is 12.3. The van der Waals surface area contributed by atoms with Crippen molar-refractivity contribution in [1.29, 1.82) is 0 Å². The molecule has 0 saturated heterocycles. The Morgan fingerprint density at radius 1 is 1.53 bits per heavy atom. The first kappa shape index (κ1) is 13.6. The third kappa shape index (κ3) is 3.82. The molecule has 0 amide bonds. The van der Waals surface area contributed by atoms with Crippen LogP contribution in [0.5, 0.6) is 5.75 Å². The number of carboxylic acids is 1. The highest BCUT2D eigenvalue weighted by Crippen LogP contribution is 2.29. The fourth-order valence-electron chi connectivity index (χ4n) is 1.60. The van der Waals surface area contributed by atoms with Crippen molar-refractivity contribution in [3.63, 3.8) is 0 Å². The number of aliphatic carboxylic acids is 1. The molecule has 2 aromatic rings. The lowest BCUT2D eigenvalue weighted by Crippen LogP contribution is -2.06. The summed E-state index contributed by atoms with van der Waals surface area (Å²) in [5.41, 5.74) is 0.888. The van der Waals surface area contributed by atoms with Crippen LogP contribution in [0.2, 0.25) is 0 Å². The predicted octanol–water partition coefficient (Wildman–Crippen LogP) is 2.97. The molecule has 2 rings (SSSR count). The number of aromatic nitrogens is 1. The molecule has 0 saturated carbocycles. The van der Waals surface area contributed by atoms with Crippen molar-refractivity contribution in [3.8, 4) is 5.75 Å². The average Bonchev–Trinajstić information content (AvgIpc) is 2.69. The predicted molar refractivity (Wildman–Crippen MR) is 76.1 cm³/mol. The van der Waals surface area contributed by atoms with E-state index in [2.05, 4.69) is 10.3 Å². The van der Waals surface area contributed by atoms with Gasteiger partial charge in [-0.3, -0.25) is 4.79 Å². The van der Waals surface area contributed by atoms with Gasteiger partial charge in [-0.25, -0.2) is 4.98 Å². The molecular weight excluding hydrogens is 264 g/mol. The lowest BCUT2D eigenvalue weighted by atomic mass is 10.3. The van der Waals surface area contributed by atoms with Gasteiger partial charge in [-0.05, 0) is 32.0 Å². The van der Waals surface area contributed by atoms with E-state index >= 15 is 0 Å². The molecule has 19 heavy (non-hydrogen) atoms. The highest BCUT2D eigenvalue weighted by molar-refractivity contribution is 7.22. The molecule has 1 aromatic heterocycles. The topological polar surface area (TPSA) is 71.5 Å². The minimum atomic E-state index is -0.818. The standard InChI is InChI=1S/C13H16N2O3S/c1-8(2)18-9-3-4-10-11(7-9)19-13(15-10)14-6-5-12(16)17/h3-4,7-8H,5-6H2,1-2H3,(H,14,15)(H,16,17). The van der Waals surface area contributed by atoms with Gasteiger partial charge in [0.05, 0.1) is 22.7 Å². The minimum absolute atomic E-state index is 0.0810. The highest BCUT2D eigenvalue weighted by atomic mass is 32.1. The molecule has 0 bridgehead atoms. The maximum atomic E-state index is 10.4. The van der Waals surface area contributed by atoms with Crippen molar-refractivity contribution in [2.45, 2.75) is 26.4 Å². The molecule has 102 valence electrons. The SMILES string of the molecule is CC(C)Oc1ccc2nc(NCCC(=O)O)sc2c1. The number of anilines is 1. The quantitative estimate of drug-likeness (QED) is 0.851. The Labute approximate surface area is 115 Å². The molecule has 1 aromatic carbocycles. The number of thiazole rings is 1. The Bertz CT molecular complexity index is 580. The van der Waals surface area contributed by atoms with Crippen molar-refractivity contribution in [1.82, 2.24) is 4.98 Å². The van der Waals surface area contributed by atoms with Gasteiger partial charge in [-0.2, -0.15) is 0 Å². The summed E-state index contributed by atoms with van der Waals surface area (Å²) in [6, 6.07) is 5.75. The van der Waals surface area contributed by atoms with Gasteiger partial charge in [0.1, 0.15) is 5.75 Å². The maximum Gasteiger partial charge on any atom is 0.305 e. The van der Waals surface area contributed by atoms with E-state index in [9.17, 15) is 4.79 Å². The van der Waals surface area contributed by atoms with E-state index in [4.69, 9.17) is 9.84 Å². The Hall–Kier alpha value is -1.82. The summed E-state index contributed by atoms with van der Waals surface area (Å²) in [5.74, 6) is 0.00414. The molecule has 0 spiro atoms. The molecular formula is C13H16N2O3S. The van der Waals surface area contributed by atoms with Gasteiger partial charge < -0.3 is 15.2 Å². The molecule has 0 aliphatic rings. The molecule has 2 N–H and O–H groups in total. The molecule has 0 fully saturated rings. The van der Waals surface area contributed by atoms with E-state index in [1.807, 2.05) is 32.0 Å². The van der Waals surface area contributed by atoms with Crippen LogP contribution in [0.4, 0.5) is 5.13 Å². The largest absolute Gasteiger partial charge is 0.491 e. The lowest BCUT2D eigenvalue weighted by molar-refractivity contribution is -0.136. The van der Waals surface area contributed by atoms with E-state index < -0.39 is 5.97 Å². The Balaban J connectivity index is 2.09. The van der Waals surface area contributed by atoms with Crippen LogP contribution in [0, 0.1) is 0 Å². The molecule has 6 heteroatoms. The van der Waals surface area contributed by atoms with Gasteiger partial charge in [-0.1, -0.05) is 11.3 Å². The first-order valence-corrected chi connectivity index (χ1v) is 6.89. The van der Waals surface area contributed by atoms with Gasteiger partial charge in [0.15, 0.2) is 5.13 Å². The normalized spacial score (nSPS) is 10.9. The number of nitrogens with zero attached hydrogens (tertiary/aromatic N) is 1. The number of hydrogen-bond donors (Lipinski definition) is 2. The summed E-state index contributed by atoms with van der Waals surface area (Å²) < 4.78 is 6.65. The van der Waals surface area contributed by atoms with Gasteiger partial charge in [0.2, 0.25) is 0 Å². The van der Waals surface area contributed by atoms with Crippen LogP contribution >= 0.6 is 11.3 Å². The Morgan fingerprint density at radius 2 is 2.32 bits per heavy atom. The molecule has 5 nitrogen and oxygen atoms in total. The van der Waals surface area contributed by atoms with Gasteiger partial charge >= 0.3 is 5.97 Å². The van der Waals surface area contributed by atoms with Crippen LogP contribution < -0.4 is 10.1 Å². The van der Waals surface area contributed by atoms with Crippen molar-refractivity contribution in [3.05, 3.63) is 18.2 Å². The fraction of sp³-hybridized carbons (Fsp3) is 0.385. The van der Waals surface area contributed by atoms with E-state index in [1.54, 1.807) is 0 Å². The Morgan fingerprint density at radius 3 is 3.00 bits per heavy atom. The van der Waals surface area contributed by atoms with E-state index in [0.29, 0.717) is 6.54 Å². The summed E-state index contributed by atoms with van der Waals surface area (Å²) >= 11 is 1.50. The number of rotatable bonds is 6. The smallest absolute Gasteiger partial charge is 0.305 e. The first-order chi connectivity index (χ1) is 9.04. The van der Waals surface area contributed by atoms with E-state index in [1.165, 1.54) is 11.3 Å². The van der Waals surface area contributed by atoms with Crippen LogP contribution in [-0.4, -0.2) is 28.7 Å². The first-order valence-electron chi connectivity index (χ1n) is 6.07. The van der Waals surface area contributed by atoms with Gasteiger partial charge in [0, 0.05) is 6.54 Å². The number of nitrogens with one attached hydrogen (secondary N) is 1. The van der Waals surface area contributed by atoms with Crippen molar-refractivity contribution < 1.29 is 14.6 Å². The number of carbonyl (C=O) groups is 1. The second-order valence-electron chi connectivity index (χ2n) is 4.39. The van der Waals surface area contributed by atoms with Crippen molar-refractivity contribution in [2.75, 3.05) is 11.9 Å². The average molecular weight is 280 g/mol. The van der Waals surface area contributed by atoms with Crippen LogP contribution in [0.15, 0.2) is 18.2 Å². The lowest BCUT2D eigenvalue weighted by Gasteiger charge is -2.08. The molecule has 0 atom stereocenters. The second kappa shape index (κ2) is 5.88. The minimum Gasteiger partial charge on any atom is -0.491 e. The van der Waals surface area contributed by atoms with Gasteiger partial charge in [0.25, 0.3) is 0 Å². The maximum absolute atomic E-state index is 10.4. The van der Waals surface area contributed by atoms with Crippen LogP contribution in [0.3, 0.4) is 0 Å². The number of fused-ring (bicyclic) bond motifs is 1. The van der Waals surface area contributed by atoms with Crippen LogP contribution in [-0.2, 0) is 4.79 Å². The fourth-order valence-corrected chi connectivity index (χ4v) is 2.52. The summed E-state index contributed by atoms with van der Waals surface area (Å²) in [6.07, 6.45) is 0.219. The zero-order chi connectivity index (χ0) is 13.8. The molecule has 1 heterocycles. The number of hydrogen-bond acceptors (Lipinski definition) is 5. The highest BCUT2D eigenvalue weighted by Gasteiger charge is 2.06. The van der Waals surface area contributed by atoms with Crippen LogP contribution in [0.1, 0.15) is 20.3 Å². The Kier molecular flexibility index (Phi) is 4.21. The number of ether oxygens (including phenoxy) is 1. The monoisotopic (exact) mass is 280 g/mol. The summed E-state index contributed by atoms with van der Waals surface area (Å²) in [4.78, 5) is 14.8. The molecule has 0 unspecified atom stereocenters. The van der Waals surface area contributed by atoms with Gasteiger partial charge in [-0.15, -0.1) is 0 Å². The molecule has 0 aliphatic heterocycles. The number of benzene rings is 1. The zero-order valence-corrected chi connectivity index (χ0v) is 11.7. The van der Waals surface area contributed by atoms with Crippen LogP contribution in [0.25, 0.3) is 10.2 Å². The number of carboxylic acid groups (broad SMARTS) is 1. The van der Waals surface area contributed by atoms with E-state index in [-0.39, 0.29) is 12.5 Å². The zero-order valence-electron chi connectivity index (χ0n) is 10.8. The van der Waals surface area contributed by atoms with Crippen molar-refractivity contribution in [2.24, 2.45) is 0 Å². The second-order valence-corrected chi connectivity index (χ2v) is 5.42. The van der Waals surface area contributed by atoms with Crippen molar-refractivity contribution >= 4 is 32.7 Å². The third-order valence-electron chi connectivity index (χ3n) is 2.35. The molecule has 0 aliphatic carbocycles. The summed E-state index contributed by atoms with van der Waals surface area (Å²) in [6.45, 7) is 4.34. The third-order valence-corrected chi connectivity index (χ3v) is 3.32. The summed E-state index contributed by atoms with van der Waals surface area (Å²) in [7, 11) is 0. The molecule has 0 radical (unpaired) electrons. The van der Waals surface area contributed by atoms with E-state index in [0.717, 1.165) is 21.1 Å².